The van der Waals surface area contributed by atoms with E-state index in [1.807, 2.05) is 0 Å². The Hall–Kier alpha value is -0.570. The first kappa shape index (κ1) is 11.5. The molecule has 0 aromatic heterocycles. The van der Waals surface area contributed by atoms with E-state index >= 15 is 0 Å². The van der Waals surface area contributed by atoms with Crippen LogP contribution in [0.5, 0.6) is 0 Å². The summed E-state index contributed by atoms with van der Waals surface area (Å²) in [5.41, 5.74) is 5.56. The Morgan fingerprint density at radius 1 is 1.29 bits per heavy atom. The molecule has 17 heavy (non-hydrogen) atoms. The first-order valence-corrected chi connectivity index (χ1v) is 7.22. The summed E-state index contributed by atoms with van der Waals surface area (Å²) < 4.78 is 0. The Balaban J connectivity index is 1.49. The number of nitrogens with two attached hydrogens (primary N) is 1. The fraction of sp³-hybridized carbons (Fsp3) is 0.929. The van der Waals surface area contributed by atoms with Crippen LogP contribution in [0.25, 0.3) is 0 Å². The first-order valence-electron chi connectivity index (χ1n) is 7.22. The summed E-state index contributed by atoms with van der Waals surface area (Å²) in [6.07, 6.45) is 8.75. The number of carbonyl (C=O) groups excluding carboxylic acids is 1. The molecular weight excluding hydrogens is 212 g/mol. The summed E-state index contributed by atoms with van der Waals surface area (Å²) in [7, 11) is 0. The van der Waals surface area contributed by atoms with Crippen molar-refractivity contribution in [2.45, 2.75) is 44.9 Å². The molecule has 0 aliphatic heterocycles. The molecule has 3 aliphatic carbocycles. The zero-order valence-electron chi connectivity index (χ0n) is 10.6. The summed E-state index contributed by atoms with van der Waals surface area (Å²) in [5, 5.41) is 3.18. The lowest BCUT2D eigenvalue weighted by Crippen LogP contribution is -2.51. The number of amides is 1. The average Bonchev–Trinajstić information content (AvgIpc) is 2.87. The number of fused-ring (bicyclic) bond motifs is 2. The number of hydrogen-bond acceptors (Lipinski definition) is 2. The molecule has 0 aromatic rings. The van der Waals surface area contributed by atoms with Gasteiger partial charge in [0.1, 0.15) is 0 Å². The van der Waals surface area contributed by atoms with Crippen molar-refractivity contribution in [1.29, 1.82) is 0 Å². The normalized spacial score (nSPS) is 37.8. The Morgan fingerprint density at radius 3 is 2.59 bits per heavy atom. The van der Waals surface area contributed by atoms with Crippen LogP contribution >= 0.6 is 0 Å². The summed E-state index contributed by atoms with van der Waals surface area (Å²) in [6, 6.07) is 0. The van der Waals surface area contributed by atoms with E-state index < -0.39 is 0 Å². The molecule has 0 spiro atoms. The molecule has 96 valence electrons. The first-order chi connectivity index (χ1) is 8.23. The molecule has 3 N–H and O–H groups in total. The van der Waals surface area contributed by atoms with Gasteiger partial charge >= 0.3 is 0 Å². The van der Waals surface area contributed by atoms with Crippen molar-refractivity contribution >= 4 is 5.91 Å². The van der Waals surface area contributed by atoms with Gasteiger partial charge in [-0.2, -0.15) is 0 Å². The lowest BCUT2D eigenvalue weighted by atomic mass is 9.68. The summed E-state index contributed by atoms with van der Waals surface area (Å²) in [4.78, 5) is 12.2. The monoisotopic (exact) mass is 236 g/mol. The van der Waals surface area contributed by atoms with Crippen molar-refractivity contribution in [1.82, 2.24) is 5.32 Å². The minimum absolute atomic E-state index is 0.197. The van der Waals surface area contributed by atoms with Gasteiger partial charge in [0.05, 0.1) is 5.41 Å². The predicted molar refractivity (Wildman–Crippen MR) is 67.3 cm³/mol. The Kier molecular flexibility index (Phi) is 2.89. The van der Waals surface area contributed by atoms with Gasteiger partial charge in [0, 0.05) is 13.1 Å². The maximum absolute atomic E-state index is 12.2. The van der Waals surface area contributed by atoms with Crippen molar-refractivity contribution < 1.29 is 4.79 Å². The fourth-order valence-electron chi connectivity index (χ4n) is 4.17. The SMILES string of the molecule is NCC1(C(=O)NCC2CC3CCC2C3)CCC1. The Bertz CT molecular complexity index is 306. The number of carbonyl (C=O) groups is 1. The number of rotatable bonds is 4. The van der Waals surface area contributed by atoms with Gasteiger partial charge in [0.2, 0.25) is 5.91 Å². The molecule has 3 aliphatic rings. The van der Waals surface area contributed by atoms with Gasteiger partial charge in [-0.1, -0.05) is 12.8 Å². The highest BCUT2D eigenvalue weighted by molar-refractivity contribution is 5.83. The van der Waals surface area contributed by atoms with E-state index in [9.17, 15) is 4.79 Å². The third-order valence-corrected chi connectivity index (χ3v) is 5.59. The second kappa shape index (κ2) is 4.27. The van der Waals surface area contributed by atoms with Gasteiger partial charge in [-0.3, -0.25) is 4.79 Å². The lowest BCUT2D eigenvalue weighted by molar-refractivity contribution is -0.135. The minimum atomic E-state index is -0.197. The summed E-state index contributed by atoms with van der Waals surface area (Å²) in [6.45, 7) is 1.43. The third kappa shape index (κ3) is 1.88. The Morgan fingerprint density at radius 2 is 2.12 bits per heavy atom. The molecule has 3 nitrogen and oxygen atoms in total. The molecule has 3 rings (SSSR count). The maximum atomic E-state index is 12.2. The van der Waals surface area contributed by atoms with Gasteiger partial charge < -0.3 is 11.1 Å². The van der Waals surface area contributed by atoms with E-state index in [4.69, 9.17) is 5.73 Å². The van der Waals surface area contributed by atoms with E-state index in [2.05, 4.69) is 5.32 Å². The zero-order chi connectivity index (χ0) is 11.9. The van der Waals surface area contributed by atoms with E-state index in [-0.39, 0.29) is 11.3 Å². The standard InChI is InChI=1S/C14H24N2O/c15-9-14(4-1-5-14)13(17)16-8-12-7-10-2-3-11(12)6-10/h10-12H,1-9,15H2,(H,16,17). The molecule has 0 saturated heterocycles. The molecule has 0 heterocycles. The molecule has 3 atom stereocenters. The van der Waals surface area contributed by atoms with E-state index in [0.29, 0.717) is 6.54 Å². The molecule has 3 fully saturated rings. The summed E-state index contributed by atoms with van der Waals surface area (Å²) >= 11 is 0. The van der Waals surface area contributed by atoms with Gasteiger partial charge in [-0.05, 0) is 49.9 Å². The van der Waals surface area contributed by atoms with Crippen molar-refractivity contribution in [3.63, 3.8) is 0 Å². The fourth-order valence-corrected chi connectivity index (χ4v) is 4.17. The van der Waals surface area contributed by atoms with Gasteiger partial charge in [0.25, 0.3) is 0 Å². The third-order valence-electron chi connectivity index (χ3n) is 5.59. The summed E-state index contributed by atoms with van der Waals surface area (Å²) in [5.74, 6) is 2.85. The molecule has 1 amide bonds. The maximum Gasteiger partial charge on any atom is 0.227 e. The number of hydrogen-bond donors (Lipinski definition) is 2. The molecule has 3 saturated carbocycles. The van der Waals surface area contributed by atoms with Crippen LogP contribution in [0.15, 0.2) is 0 Å². The van der Waals surface area contributed by atoms with Crippen molar-refractivity contribution in [2.75, 3.05) is 13.1 Å². The van der Waals surface area contributed by atoms with Crippen molar-refractivity contribution in [3.8, 4) is 0 Å². The zero-order valence-corrected chi connectivity index (χ0v) is 10.6. The molecular formula is C14H24N2O. The van der Waals surface area contributed by atoms with Crippen LogP contribution in [-0.2, 0) is 4.79 Å². The topological polar surface area (TPSA) is 55.1 Å². The highest BCUT2D eigenvalue weighted by Crippen LogP contribution is 2.48. The van der Waals surface area contributed by atoms with Gasteiger partial charge in [0.15, 0.2) is 0 Å². The number of nitrogens with one attached hydrogen (secondary N) is 1. The highest BCUT2D eigenvalue weighted by atomic mass is 16.2. The minimum Gasteiger partial charge on any atom is -0.355 e. The van der Waals surface area contributed by atoms with Crippen LogP contribution in [0.3, 0.4) is 0 Å². The van der Waals surface area contributed by atoms with Crippen LogP contribution in [0, 0.1) is 23.2 Å². The Labute approximate surface area is 104 Å². The second-order valence-electron chi connectivity index (χ2n) is 6.48. The van der Waals surface area contributed by atoms with Crippen LogP contribution < -0.4 is 11.1 Å². The van der Waals surface area contributed by atoms with E-state index in [1.54, 1.807) is 0 Å². The predicted octanol–water partition coefficient (Wildman–Crippen LogP) is 1.67. The van der Waals surface area contributed by atoms with Gasteiger partial charge in [-0.15, -0.1) is 0 Å². The molecule has 0 aromatic carbocycles. The quantitative estimate of drug-likeness (QED) is 0.780. The molecule has 3 unspecified atom stereocenters. The van der Waals surface area contributed by atoms with Crippen molar-refractivity contribution in [2.24, 2.45) is 28.9 Å². The van der Waals surface area contributed by atoms with Crippen LogP contribution in [-0.4, -0.2) is 19.0 Å². The second-order valence-corrected chi connectivity index (χ2v) is 6.48. The van der Waals surface area contributed by atoms with E-state index in [1.165, 1.54) is 32.1 Å². The largest absolute Gasteiger partial charge is 0.355 e. The lowest BCUT2D eigenvalue weighted by Gasteiger charge is -2.39. The van der Waals surface area contributed by atoms with Gasteiger partial charge in [-0.25, -0.2) is 0 Å². The molecule has 0 radical (unpaired) electrons. The molecule has 3 heteroatoms. The van der Waals surface area contributed by atoms with Crippen molar-refractivity contribution in [3.05, 3.63) is 0 Å². The average molecular weight is 236 g/mol. The smallest absolute Gasteiger partial charge is 0.227 e. The highest BCUT2D eigenvalue weighted by Gasteiger charge is 2.44. The van der Waals surface area contributed by atoms with E-state index in [0.717, 1.165) is 37.1 Å². The van der Waals surface area contributed by atoms with Crippen LogP contribution in [0.2, 0.25) is 0 Å². The molecule has 2 bridgehead atoms. The van der Waals surface area contributed by atoms with Crippen LogP contribution in [0.1, 0.15) is 44.9 Å². The van der Waals surface area contributed by atoms with Crippen LogP contribution in [0.4, 0.5) is 0 Å².